The summed E-state index contributed by atoms with van der Waals surface area (Å²) < 4.78 is 6.89. The van der Waals surface area contributed by atoms with Crippen molar-refractivity contribution < 1.29 is 14.3 Å². The molecule has 0 aromatic carbocycles. The number of aryl methyl sites for hydroxylation is 1. The van der Waals surface area contributed by atoms with Crippen molar-refractivity contribution in [3.8, 4) is 0 Å². The van der Waals surface area contributed by atoms with Crippen molar-refractivity contribution in [1.29, 1.82) is 0 Å². The summed E-state index contributed by atoms with van der Waals surface area (Å²) in [5.74, 6) is -0.550. The Hall–Kier alpha value is -2.15. The molecule has 0 saturated heterocycles. The standard InChI is InChI=1S/C18H23N3O3S/c1-13-15(16(23)24-2)20-17(25-13)19-14(22)12-18(8-4-3-5-9-18)21-10-6-7-11-21/h6-7,10-11H,3-5,8-9,12H2,1-2H3,(H,19,20,22). The minimum Gasteiger partial charge on any atom is -0.464 e. The van der Waals surface area contributed by atoms with Crippen molar-refractivity contribution in [2.75, 3.05) is 12.4 Å². The van der Waals surface area contributed by atoms with Gasteiger partial charge in [0, 0.05) is 17.3 Å². The number of rotatable bonds is 5. The smallest absolute Gasteiger partial charge is 0.357 e. The number of hydrogen-bond acceptors (Lipinski definition) is 5. The zero-order valence-corrected chi connectivity index (χ0v) is 15.4. The Kier molecular flexibility index (Phi) is 5.22. The van der Waals surface area contributed by atoms with Crippen LogP contribution in [0.2, 0.25) is 0 Å². The summed E-state index contributed by atoms with van der Waals surface area (Å²) in [4.78, 5) is 29.3. The monoisotopic (exact) mass is 361 g/mol. The summed E-state index contributed by atoms with van der Waals surface area (Å²) in [6, 6.07) is 4.00. The molecule has 2 aromatic heterocycles. The zero-order valence-electron chi connectivity index (χ0n) is 14.6. The predicted octanol–water partition coefficient (Wildman–Crippen LogP) is 3.73. The molecule has 2 heterocycles. The second kappa shape index (κ2) is 7.39. The van der Waals surface area contributed by atoms with Gasteiger partial charge in [-0.3, -0.25) is 4.79 Å². The van der Waals surface area contributed by atoms with E-state index >= 15 is 0 Å². The lowest BCUT2D eigenvalue weighted by Gasteiger charge is -2.38. The maximum Gasteiger partial charge on any atom is 0.357 e. The average Bonchev–Trinajstić information content (AvgIpc) is 3.25. The summed E-state index contributed by atoms with van der Waals surface area (Å²) >= 11 is 1.29. The number of thiazole rings is 1. The predicted molar refractivity (Wildman–Crippen MR) is 96.9 cm³/mol. The number of carbonyl (C=O) groups excluding carboxylic acids is 2. The van der Waals surface area contributed by atoms with Gasteiger partial charge in [-0.2, -0.15) is 0 Å². The molecule has 6 nitrogen and oxygen atoms in total. The normalized spacial score (nSPS) is 16.4. The molecule has 0 aliphatic heterocycles. The van der Waals surface area contributed by atoms with Crippen LogP contribution in [-0.4, -0.2) is 28.5 Å². The van der Waals surface area contributed by atoms with E-state index in [0.29, 0.717) is 11.6 Å². The number of ether oxygens (including phenoxy) is 1. The van der Waals surface area contributed by atoms with Crippen molar-refractivity contribution in [3.63, 3.8) is 0 Å². The van der Waals surface area contributed by atoms with Crippen LogP contribution in [0.15, 0.2) is 24.5 Å². The fourth-order valence-corrected chi connectivity index (χ4v) is 4.40. The van der Waals surface area contributed by atoms with Crippen LogP contribution in [0.5, 0.6) is 0 Å². The number of nitrogens with one attached hydrogen (secondary N) is 1. The van der Waals surface area contributed by atoms with Gasteiger partial charge in [0.25, 0.3) is 0 Å². The van der Waals surface area contributed by atoms with E-state index in [2.05, 4.69) is 14.9 Å². The first kappa shape index (κ1) is 17.7. The molecule has 1 N–H and O–H groups in total. The van der Waals surface area contributed by atoms with Crippen molar-refractivity contribution in [1.82, 2.24) is 9.55 Å². The molecule has 1 fully saturated rings. The molecule has 3 rings (SSSR count). The highest BCUT2D eigenvalue weighted by molar-refractivity contribution is 7.16. The Balaban J connectivity index is 1.73. The number of nitrogens with zero attached hydrogens (tertiary/aromatic N) is 2. The number of carbonyl (C=O) groups is 2. The van der Waals surface area contributed by atoms with Crippen LogP contribution in [0.25, 0.3) is 0 Å². The van der Waals surface area contributed by atoms with Crippen LogP contribution in [0.4, 0.5) is 5.13 Å². The van der Waals surface area contributed by atoms with Crippen LogP contribution in [0.1, 0.15) is 53.9 Å². The van der Waals surface area contributed by atoms with Gasteiger partial charge in [0.05, 0.1) is 19.1 Å². The summed E-state index contributed by atoms with van der Waals surface area (Å²) in [5, 5.41) is 3.31. The van der Waals surface area contributed by atoms with Crippen molar-refractivity contribution in [3.05, 3.63) is 35.1 Å². The highest BCUT2D eigenvalue weighted by Crippen LogP contribution is 2.38. The Labute approximate surface area is 151 Å². The minimum atomic E-state index is -0.481. The van der Waals surface area contributed by atoms with Crippen LogP contribution in [0, 0.1) is 6.92 Å². The minimum absolute atomic E-state index is 0.0687. The van der Waals surface area contributed by atoms with Gasteiger partial charge in [-0.15, -0.1) is 11.3 Å². The van der Waals surface area contributed by atoms with Gasteiger partial charge in [-0.25, -0.2) is 9.78 Å². The van der Waals surface area contributed by atoms with Gasteiger partial charge in [-0.1, -0.05) is 19.3 Å². The Morgan fingerprint density at radius 3 is 2.60 bits per heavy atom. The SMILES string of the molecule is COC(=O)c1nc(NC(=O)CC2(n3cccc3)CCCCC2)sc1C. The van der Waals surface area contributed by atoms with Gasteiger partial charge in [0.2, 0.25) is 5.91 Å². The lowest BCUT2D eigenvalue weighted by molar-refractivity contribution is -0.118. The summed E-state index contributed by atoms with van der Waals surface area (Å²) in [6.07, 6.45) is 9.98. The fraction of sp³-hybridized carbons (Fsp3) is 0.500. The number of aromatic nitrogens is 2. The fourth-order valence-electron chi connectivity index (χ4n) is 3.59. The van der Waals surface area contributed by atoms with Gasteiger partial charge >= 0.3 is 5.97 Å². The summed E-state index contributed by atoms with van der Waals surface area (Å²) in [5.41, 5.74) is 0.101. The molecule has 1 amide bonds. The molecule has 0 atom stereocenters. The van der Waals surface area contributed by atoms with Crippen LogP contribution >= 0.6 is 11.3 Å². The highest BCUT2D eigenvalue weighted by atomic mass is 32.1. The van der Waals surface area contributed by atoms with Crippen molar-refractivity contribution in [2.45, 2.75) is 51.0 Å². The molecule has 134 valence electrons. The molecular formula is C18H23N3O3S. The van der Waals surface area contributed by atoms with Gasteiger partial charge in [-0.05, 0) is 31.9 Å². The summed E-state index contributed by atoms with van der Waals surface area (Å²) in [6.45, 7) is 1.79. The van der Waals surface area contributed by atoms with E-state index in [9.17, 15) is 9.59 Å². The second-order valence-corrected chi connectivity index (χ2v) is 7.72. The maximum absolute atomic E-state index is 12.7. The average molecular weight is 361 g/mol. The second-order valence-electron chi connectivity index (χ2n) is 6.52. The number of esters is 1. The molecule has 0 radical (unpaired) electrons. The zero-order chi connectivity index (χ0) is 17.9. The molecular weight excluding hydrogens is 338 g/mol. The number of amides is 1. The number of anilines is 1. The van der Waals surface area contributed by atoms with Crippen LogP contribution in [0.3, 0.4) is 0 Å². The molecule has 0 bridgehead atoms. The van der Waals surface area contributed by atoms with E-state index < -0.39 is 5.97 Å². The van der Waals surface area contributed by atoms with Gasteiger partial charge in [0.15, 0.2) is 10.8 Å². The lowest BCUT2D eigenvalue weighted by atomic mass is 9.79. The third-order valence-corrected chi connectivity index (χ3v) is 5.73. The van der Waals surface area contributed by atoms with E-state index in [4.69, 9.17) is 4.74 Å². The topological polar surface area (TPSA) is 73.2 Å². The Morgan fingerprint density at radius 1 is 1.28 bits per heavy atom. The first-order chi connectivity index (χ1) is 12.0. The molecule has 0 unspecified atom stereocenters. The Morgan fingerprint density at radius 2 is 1.96 bits per heavy atom. The molecule has 1 aliphatic rings. The van der Waals surface area contributed by atoms with E-state index in [1.807, 2.05) is 24.5 Å². The first-order valence-electron chi connectivity index (χ1n) is 8.53. The highest BCUT2D eigenvalue weighted by Gasteiger charge is 2.35. The third-order valence-electron chi connectivity index (χ3n) is 4.85. The first-order valence-corrected chi connectivity index (χ1v) is 9.35. The maximum atomic E-state index is 12.7. The summed E-state index contributed by atoms with van der Waals surface area (Å²) in [7, 11) is 1.32. The number of hydrogen-bond donors (Lipinski definition) is 1. The van der Waals surface area contributed by atoms with Crippen molar-refractivity contribution >= 4 is 28.3 Å². The van der Waals surface area contributed by atoms with E-state index in [1.165, 1.54) is 24.9 Å². The lowest BCUT2D eigenvalue weighted by Crippen LogP contribution is -2.38. The Bertz CT molecular complexity index is 746. The molecule has 0 spiro atoms. The van der Waals surface area contributed by atoms with Crippen LogP contribution in [-0.2, 0) is 15.1 Å². The quantitative estimate of drug-likeness (QED) is 0.824. The number of methoxy groups -OCH3 is 1. The van der Waals surface area contributed by atoms with E-state index in [1.54, 1.807) is 6.92 Å². The third kappa shape index (κ3) is 3.76. The molecule has 1 saturated carbocycles. The largest absolute Gasteiger partial charge is 0.464 e. The van der Waals surface area contributed by atoms with Crippen molar-refractivity contribution in [2.24, 2.45) is 0 Å². The molecule has 7 heteroatoms. The molecule has 25 heavy (non-hydrogen) atoms. The molecule has 1 aliphatic carbocycles. The van der Waals surface area contributed by atoms with Gasteiger partial charge < -0.3 is 14.6 Å². The van der Waals surface area contributed by atoms with E-state index in [0.717, 1.165) is 30.6 Å². The van der Waals surface area contributed by atoms with Gasteiger partial charge in [0.1, 0.15) is 0 Å². The molecule has 2 aromatic rings. The van der Waals surface area contributed by atoms with Crippen LogP contribution < -0.4 is 5.32 Å². The van der Waals surface area contributed by atoms with E-state index in [-0.39, 0.29) is 17.1 Å².